The Morgan fingerprint density at radius 2 is 1.94 bits per heavy atom. The van der Waals surface area contributed by atoms with Crippen molar-refractivity contribution in [2.24, 2.45) is 0 Å². The highest BCUT2D eigenvalue weighted by molar-refractivity contribution is 7.99. The number of amides is 1. The van der Waals surface area contributed by atoms with Crippen molar-refractivity contribution < 1.29 is 9.53 Å². The number of rotatable bonds is 8. The molecular weight excluding hydrogens is 422 g/mol. The lowest BCUT2D eigenvalue weighted by Gasteiger charge is -2.31. The van der Waals surface area contributed by atoms with Crippen LogP contribution in [0.5, 0.6) is 5.75 Å². The van der Waals surface area contributed by atoms with E-state index in [2.05, 4.69) is 15.2 Å². The summed E-state index contributed by atoms with van der Waals surface area (Å²) in [6.07, 6.45) is 9.38. The average molecular weight is 452 g/mol. The van der Waals surface area contributed by atoms with Crippen LogP contribution in [0.15, 0.2) is 53.9 Å². The molecule has 0 unspecified atom stereocenters. The minimum absolute atomic E-state index is 0.131. The third kappa shape index (κ3) is 5.12. The van der Waals surface area contributed by atoms with E-state index in [0.29, 0.717) is 29.4 Å². The molecule has 1 amide bonds. The van der Waals surface area contributed by atoms with Crippen LogP contribution in [0.3, 0.4) is 0 Å². The van der Waals surface area contributed by atoms with Crippen LogP contribution in [-0.2, 0) is 4.79 Å². The molecule has 8 heteroatoms. The van der Waals surface area contributed by atoms with Gasteiger partial charge in [-0.05, 0) is 56.2 Å². The van der Waals surface area contributed by atoms with Crippen LogP contribution in [0.1, 0.15) is 39.0 Å². The Hall–Kier alpha value is -2.87. The molecule has 1 saturated carbocycles. The molecule has 2 heterocycles. The highest BCUT2D eigenvalue weighted by Crippen LogP contribution is 2.29. The van der Waals surface area contributed by atoms with Gasteiger partial charge >= 0.3 is 0 Å². The van der Waals surface area contributed by atoms with Gasteiger partial charge in [0, 0.05) is 36.7 Å². The summed E-state index contributed by atoms with van der Waals surface area (Å²) < 4.78 is 7.56. The number of nitrogens with zero attached hydrogens (tertiary/aromatic N) is 5. The summed E-state index contributed by atoms with van der Waals surface area (Å²) in [5.41, 5.74) is 1.78. The van der Waals surface area contributed by atoms with Crippen molar-refractivity contribution >= 4 is 17.7 Å². The van der Waals surface area contributed by atoms with E-state index < -0.39 is 0 Å². The molecule has 1 aliphatic rings. The first-order valence-electron chi connectivity index (χ1n) is 11.1. The van der Waals surface area contributed by atoms with Crippen molar-refractivity contribution in [1.82, 2.24) is 24.6 Å². The number of aromatic nitrogens is 4. The number of pyridine rings is 1. The second-order valence-corrected chi connectivity index (χ2v) is 8.84. The first kappa shape index (κ1) is 22.3. The van der Waals surface area contributed by atoms with Crippen LogP contribution < -0.4 is 4.74 Å². The maximum atomic E-state index is 12.9. The van der Waals surface area contributed by atoms with Crippen molar-refractivity contribution in [3.05, 3.63) is 48.8 Å². The fraction of sp³-hybridized carbons (Fsp3) is 0.417. The molecule has 7 nitrogen and oxygen atoms in total. The van der Waals surface area contributed by atoms with Crippen LogP contribution in [0.4, 0.5) is 0 Å². The van der Waals surface area contributed by atoms with Crippen molar-refractivity contribution in [2.75, 3.05) is 19.4 Å². The molecule has 0 spiro atoms. The number of carbonyl (C=O) groups excluding carboxylic acids is 1. The third-order valence-electron chi connectivity index (χ3n) is 5.80. The van der Waals surface area contributed by atoms with Gasteiger partial charge in [0.2, 0.25) is 5.91 Å². The molecular formula is C24H29N5O2S. The van der Waals surface area contributed by atoms with Gasteiger partial charge in [-0.2, -0.15) is 0 Å². The second kappa shape index (κ2) is 10.6. The fourth-order valence-corrected chi connectivity index (χ4v) is 4.91. The van der Waals surface area contributed by atoms with Gasteiger partial charge in [-0.3, -0.25) is 14.3 Å². The number of benzene rings is 1. The molecule has 32 heavy (non-hydrogen) atoms. The standard InChI is InChI=1S/C24H29N5O2S/c1-3-31-21-13-11-20(12-14-21)29-23(18-8-7-15-25-16-18)26-27-24(29)32-17-22(30)28(2)19-9-5-4-6-10-19/h7-8,11-16,19H,3-6,9-10,17H2,1-2H3. The summed E-state index contributed by atoms with van der Waals surface area (Å²) in [5, 5.41) is 9.53. The number of hydrogen-bond donors (Lipinski definition) is 0. The fourth-order valence-electron chi connectivity index (χ4n) is 4.04. The molecule has 168 valence electrons. The van der Waals surface area contributed by atoms with Gasteiger partial charge in [0.1, 0.15) is 5.75 Å². The van der Waals surface area contributed by atoms with Gasteiger partial charge in [0.25, 0.3) is 0 Å². The Kier molecular flexibility index (Phi) is 7.42. The summed E-state index contributed by atoms with van der Waals surface area (Å²) in [7, 11) is 1.93. The first-order valence-corrected chi connectivity index (χ1v) is 12.1. The highest BCUT2D eigenvalue weighted by atomic mass is 32.2. The third-order valence-corrected chi connectivity index (χ3v) is 6.71. The summed E-state index contributed by atoms with van der Waals surface area (Å²) in [6, 6.07) is 12.0. The molecule has 4 rings (SSSR count). The molecule has 1 aliphatic carbocycles. The maximum Gasteiger partial charge on any atom is 0.233 e. The maximum absolute atomic E-state index is 12.9. The van der Waals surface area contributed by atoms with E-state index in [9.17, 15) is 4.79 Å². The minimum Gasteiger partial charge on any atom is -0.494 e. The Balaban J connectivity index is 1.57. The largest absolute Gasteiger partial charge is 0.494 e. The van der Waals surface area contributed by atoms with Crippen molar-refractivity contribution in [2.45, 2.75) is 50.2 Å². The molecule has 1 aromatic carbocycles. The predicted molar refractivity (Wildman–Crippen MR) is 126 cm³/mol. The molecule has 0 atom stereocenters. The molecule has 0 saturated heterocycles. The van der Waals surface area contributed by atoms with Crippen molar-refractivity contribution in [3.8, 4) is 22.8 Å². The van der Waals surface area contributed by atoms with Crippen LogP contribution in [0.25, 0.3) is 17.1 Å². The Labute approximate surface area is 193 Å². The molecule has 3 aromatic rings. The molecule has 1 fully saturated rings. The van der Waals surface area contributed by atoms with E-state index in [4.69, 9.17) is 4.74 Å². The Morgan fingerprint density at radius 1 is 1.16 bits per heavy atom. The van der Waals surface area contributed by atoms with E-state index in [1.54, 1.807) is 12.4 Å². The van der Waals surface area contributed by atoms with E-state index in [1.165, 1.54) is 31.0 Å². The van der Waals surface area contributed by atoms with Gasteiger partial charge in [-0.1, -0.05) is 31.0 Å². The van der Waals surface area contributed by atoms with Crippen LogP contribution in [0, 0.1) is 0 Å². The molecule has 0 bridgehead atoms. The summed E-state index contributed by atoms with van der Waals surface area (Å²) in [6.45, 7) is 2.58. The van der Waals surface area contributed by atoms with E-state index in [-0.39, 0.29) is 5.91 Å². The van der Waals surface area contributed by atoms with Gasteiger partial charge < -0.3 is 9.64 Å². The van der Waals surface area contributed by atoms with Crippen LogP contribution in [-0.4, -0.2) is 56.0 Å². The van der Waals surface area contributed by atoms with E-state index >= 15 is 0 Å². The smallest absolute Gasteiger partial charge is 0.233 e. The Morgan fingerprint density at radius 3 is 2.62 bits per heavy atom. The molecule has 0 N–H and O–H groups in total. The molecule has 2 aromatic heterocycles. The van der Waals surface area contributed by atoms with Crippen LogP contribution >= 0.6 is 11.8 Å². The topological polar surface area (TPSA) is 73.1 Å². The second-order valence-electron chi connectivity index (χ2n) is 7.90. The van der Waals surface area contributed by atoms with Crippen molar-refractivity contribution in [1.29, 1.82) is 0 Å². The molecule has 0 radical (unpaired) electrons. The average Bonchev–Trinajstić information content (AvgIpc) is 3.28. The predicted octanol–water partition coefficient (Wildman–Crippen LogP) is 4.61. The lowest BCUT2D eigenvalue weighted by Crippen LogP contribution is -2.39. The highest BCUT2D eigenvalue weighted by Gasteiger charge is 2.23. The van der Waals surface area contributed by atoms with E-state index in [1.807, 2.05) is 59.8 Å². The number of carbonyl (C=O) groups is 1. The summed E-state index contributed by atoms with van der Waals surface area (Å²) in [5.74, 6) is 1.96. The number of hydrogen-bond acceptors (Lipinski definition) is 6. The number of ether oxygens (including phenoxy) is 1. The zero-order chi connectivity index (χ0) is 22.3. The van der Waals surface area contributed by atoms with Gasteiger partial charge in [-0.15, -0.1) is 10.2 Å². The van der Waals surface area contributed by atoms with Gasteiger partial charge in [-0.25, -0.2) is 0 Å². The van der Waals surface area contributed by atoms with Crippen molar-refractivity contribution in [3.63, 3.8) is 0 Å². The molecule has 0 aliphatic heterocycles. The zero-order valence-electron chi connectivity index (χ0n) is 18.6. The normalized spacial score (nSPS) is 14.3. The zero-order valence-corrected chi connectivity index (χ0v) is 19.4. The quantitative estimate of drug-likeness (QED) is 0.466. The number of thioether (sulfide) groups is 1. The van der Waals surface area contributed by atoms with Gasteiger partial charge in [0.15, 0.2) is 11.0 Å². The summed E-state index contributed by atoms with van der Waals surface area (Å²) in [4.78, 5) is 19.0. The van der Waals surface area contributed by atoms with Gasteiger partial charge in [0.05, 0.1) is 12.4 Å². The monoisotopic (exact) mass is 451 g/mol. The first-order chi connectivity index (χ1) is 15.7. The SMILES string of the molecule is CCOc1ccc(-n2c(SCC(=O)N(C)C3CCCCC3)nnc2-c2cccnc2)cc1. The van der Waals surface area contributed by atoms with Crippen LogP contribution in [0.2, 0.25) is 0 Å². The summed E-state index contributed by atoms with van der Waals surface area (Å²) >= 11 is 1.42. The Bertz CT molecular complexity index is 1020. The lowest BCUT2D eigenvalue weighted by molar-refractivity contribution is -0.129. The van der Waals surface area contributed by atoms with E-state index in [0.717, 1.165) is 29.8 Å². The lowest BCUT2D eigenvalue weighted by atomic mass is 9.94. The minimum atomic E-state index is 0.131.